The fourth-order valence-electron chi connectivity index (χ4n) is 2.59. The fourth-order valence-corrected chi connectivity index (χ4v) is 2.59. The molecule has 2 aromatic carbocycles. The summed E-state index contributed by atoms with van der Waals surface area (Å²) in [4.78, 5) is 16.1. The summed E-state index contributed by atoms with van der Waals surface area (Å²) in [7, 11) is 0. The molecule has 3 N–H and O–H groups in total. The van der Waals surface area contributed by atoms with E-state index in [2.05, 4.69) is 4.99 Å². The third-order valence-corrected chi connectivity index (χ3v) is 3.76. The molecule has 0 radical (unpaired) electrons. The summed E-state index contributed by atoms with van der Waals surface area (Å²) in [5.74, 6) is 0.607. The van der Waals surface area contributed by atoms with Crippen molar-refractivity contribution >= 4 is 22.6 Å². The number of nitrogens with two attached hydrogens (primary N) is 1. The number of hydrogen-bond donors (Lipinski definition) is 2. The van der Waals surface area contributed by atoms with E-state index in [0.717, 1.165) is 0 Å². The lowest BCUT2D eigenvalue weighted by atomic mass is 10.1. The highest BCUT2D eigenvalue weighted by molar-refractivity contribution is 5.95. The minimum absolute atomic E-state index is 0.0494. The number of rotatable bonds is 2. The summed E-state index contributed by atoms with van der Waals surface area (Å²) < 4.78 is 16.7. The lowest BCUT2D eigenvalue weighted by Gasteiger charge is -2.18. The monoisotopic (exact) mass is 338 g/mol. The van der Waals surface area contributed by atoms with Gasteiger partial charge in [0.25, 0.3) is 5.91 Å². The highest BCUT2D eigenvalue weighted by Gasteiger charge is 2.13. The van der Waals surface area contributed by atoms with Crippen LogP contribution in [0.2, 0.25) is 0 Å². The van der Waals surface area contributed by atoms with Crippen LogP contribution in [0, 0.1) is 0 Å². The first-order valence-electron chi connectivity index (χ1n) is 7.61. The quantitative estimate of drug-likeness (QED) is 0.745. The van der Waals surface area contributed by atoms with Crippen LogP contribution < -0.4 is 20.8 Å². The van der Waals surface area contributed by atoms with E-state index in [0.29, 0.717) is 41.4 Å². The molecule has 0 bridgehead atoms. The molecule has 0 saturated carbocycles. The Morgan fingerprint density at radius 2 is 1.84 bits per heavy atom. The standard InChI is InChI=1S/C18H14N2O5/c19-17(22)13-7-10-1-3-12(21)9-15(10)25-18(13)20-11-2-4-14-16(8-11)24-6-5-23-14/h1-4,7-9,21H,5-6H2,(H2,19,22). The molecule has 25 heavy (non-hydrogen) atoms. The van der Waals surface area contributed by atoms with E-state index in [-0.39, 0.29) is 16.9 Å². The molecule has 0 saturated heterocycles. The lowest BCUT2D eigenvalue weighted by Crippen LogP contribution is -2.21. The number of amides is 1. The maximum Gasteiger partial charge on any atom is 0.254 e. The van der Waals surface area contributed by atoms with Crippen molar-refractivity contribution in [2.24, 2.45) is 10.7 Å². The molecule has 4 rings (SSSR count). The number of fused-ring (bicyclic) bond motifs is 2. The van der Waals surface area contributed by atoms with Gasteiger partial charge in [-0.3, -0.25) is 4.79 Å². The molecular formula is C18H14N2O5. The molecular weight excluding hydrogens is 324 g/mol. The van der Waals surface area contributed by atoms with Gasteiger partial charge in [0.1, 0.15) is 30.1 Å². The van der Waals surface area contributed by atoms with Crippen molar-refractivity contribution in [2.45, 2.75) is 0 Å². The largest absolute Gasteiger partial charge is 0.508 e. The zero-order chi connectivity index (χ0) is 17.4. The van der Waals surface area contributed by atoms with Crippen molar-refractivity contribution < 1.29 is 23.8 Å². The van der Waals surface area contributed by atoms with Gasteiger partial charge >= 0.3 is 0 Å². The number of nitrogens with zero attached hydrogens (tertiary/aromatic N) is 1. The molecule has 0 atom stereocenters. The molecule has 0 spiro atoms. The third-order valence-electron chi connectivity index (χ3n) is 3.76. The Kier molecular flexibility index (Phi) is 3.53. The Hall–Kier alpha value is -3.48. The van der Waals surface area contributed by atoms with Crippen LogP contribution in [0.3, 0.4) is 0 Å². The van der Waals surface area contributed by atoms with Gasteiger partial charge in [0.2, 0.25) is 5.55 Å². The molecule has 1 aliphatic rings. The van der Waals surface area contributed by atoms with Crippen LogP contribution in [0.1, 0.15) is 10.4 Å². The highest BCUT2D eigenvalue weighted by Crippen LogP contribution is 2.33. The van der Waals surface area contributed by atoms with Gasteiger partial charge in [-0.1, -0.05) is 0 Å². The topological polar surface area (TPSA) is 107 Å². The van der Waals surface area contributed by atoms with E-state index in [1.165, 1.54) is 12.1 Å². The summed E-state index contributed by atoms with van der Waals surface area (Å²) in [5, 5.41) is 10.2. The zero-order valence-corrected chi connectivity index (χ0v) is 13.1. The minimum atomic E-state index is -0.657. The number of primary amides is 1. The molecule has 126 valence electrons. The van der Waals surface area contributed by atoms with Gasteiger partial charge in [-0.05, 0) is 30.3 Å². The number of carbonyl (C=O) groups is 1. The van der Waals surface area contributed by atoms with Crippen LogP contribution >= 0.6 is 0 Å². The third kappa shape index (κ3) is 2.87. The molecule has 7 nitrogen and oxygen atoms in total. The van der Waals surface area contributed by atoms with E-state index >= 15 is 0 Å². The summed E-state index contributed by atoms with van der Waals surface area (Å²) in [6.45, 7) is 0.960. The smallest absolute Gasteiger partial charge is 0.254 e. The van der Waals surface area contributed by atoms with Crippen LogP contribution in [0.4, 0.5) is 5.69 Å². The van der Waals surface area contributed by atoms with Gasteiger partial charge in [-0.2, -0.15) is 0 Å². The molecule has 3 aromatic rings. The predicted octanol–water partition coefficient (Wildman–Crippen LogP) is 2.24. The van der Waals surface area contributed by atoms with Gasteiger partial charge in [0.05, 0.1) is 5.69 Å². The van der Waals surface area contributed by atoms with Crippen molar-refractivity contribution in [3.05, 3.63) is 53.6 Å². The maximum atomic E-state index is 11.8. The number of phenols is 1. The van der Waals surface area contributed by atoms with Crippen molar-refractivity contribution in [1.82, 2.24) is 0 Å². The number of carbonyl (C=O) groups excluding carboxylic acids is 1. The number of ether oxygens (including phenoxy) is 2. The van der Waals surface area contributed by atoms with Crippen LogP contribution in [0.5, 0.6) is 17.2 Å². The first-order valence-corrected chi connectivity index (χ1v) is 7.61. The second kappa shape index (κ2) is 5.86. The van der Waals surface area contributed by atoms with E-state index in [1.54, 1.807) is 30.3 Å². The number of phenolic OH excluding ortho intramolecular Hbond substituents is 1. The molecule has 0 unspecified atom stereocenters. The van der Waals surface area contributed by atoms with Crippen molar-refractivity contribution in [2.75, 3.05) is 13.2 Å². The summed E-state index contributed by atoms with van der Waals surface area (Å²) in [6.07, 6.45) is 0. The normalized spacial score (nSPS) is 13.8. The van der Waals surface area contributed by atoms with Gasteiger partial charge in [0.15, 0.2) is 11.5 Å². The SMILES string of the molecule is NC(=O)c1cc2ccc(O)cc2oc1=Nc1ccc2c(c1)OCCO2. The average Bonchev–Trinajstić information content (AvgIpc) is 2.60. The molecule has 1 aromatic heterocycles. The molecule has 0 fully saturated rings. The Balaban J connectivity index is 1.90. The first kappa shape index (κ1) is 15.1. The fraction of sp³-hybridized carbons (Fsp3) is 0.111. The molecule has 1 amide bonds. The molecule has 1 aliphatic heterocycles. The van der Waals surface area contributed by atoms with E-state index in [1.807, 2.05) is 0 Å². The number of aromatic hydroxyl groups is 1. The summed E-state index contributed by atoms with van der Waals surface area (Å²) in [5.41, 5.74) is 6.56. The van der Waals surface area contributed by atoms with Gasteiger partial charge in [0, 0.05) is 17.5 Å². The highest BCUT2D eigenvalue weighted by atomic mass is 16.6. The van der Waals surface area contributed by atoms with Crippen LogP contribution in [-0.4, -0.2) is 24.2 Å². The summed E-state index contributed by atoms with van der Waals surface area (Å²) in [6, 6.07) is 11.3. The maximum absolute atomic E-state index is 11.8. The Morgan fingerprint density at radius 1 is 1.04 bits per heavy atom. The van der Waals surface area contributed by atoms with E-state index in [4.69, 9.17) is 19.6 Å². The summed E-state index contributed by atoms with van der Waals surface area (Å²) >= 11 is 0. The van der Waals surface area contributed by atoms with Gasteiger partial charge in [-0.25, -0.2) is 4.99 Å². The molecule has 7 heteroatoms. The molecule has 2 heterocycles. The van der Waals surface area contributed by atoms with Gasteiger partial charge in [-0.15, -0.1) is 0 Å². The second-order valence-electron chi connectivity index (χ2n) is 5.49. The average molecular weight is 338 g/mol. The lowest BCUT2D eigenvalue weighted by molar-refractivity contribution is 0.0996. The van der Waals surface area contributed by atoms with E-state index in [9.17, 15) is 9.90 Å². The predicted molar refractivity (Wildman–Crippen MR) is 89.1 cm³/mol. The van der Waals surface area contributed by atoms with Crippen molar-refractivity contribution in [1.29, 1.82) is 0 Å². The van der Waals surface area contributed by atoms with Gasteiger partial charge < -0.3 is 24.7 Å². The van der Waals surface area contributed by atoms with E-state index < -0.39 is 5.91 Å². The molecule has 0 aliphatic carbocycles. The number of benzene rings is 2. The van der Waals surface area contributed by atoms with Crippen molar-refractivity contribution in [3.63, 3.8) is 0 Å². The van der Waals surface area contributed by atoms with Crippen LogP contribution in [-0.2, 0) is 0 Å². The van der Waals surface area contributed by atoms with Crippen molar-refractivity contribution in [3.8, 4) is 17.2 Å². The zero-order valence-electron chi connectivity index (χ0n) is 13.1. The van der Waals surface area contributed by atoms with Crippen LogP contribution in [0.15, 0.2) is 51.9 Å². The van der Waals surface area contributed by atoms with Crippen LogP contribution in [0.25, 0.3) is 11.0 Å². The Bertz CT molecular complexity index is 1060. The Morgan fingerprint density at radius 3 is 2.64 bits per heavy atom. The first-order chi connectivity index (χ1) is 12.1. The minimum Gasteiger partial charge on any atom is -0.508 e. The second-order valence-corrected chi connectivity index (χ2v) is 5.49. The number of hydrogen-bond acceptors (Lipinski definition) is 6. The Labute approximate surface area is 141 Å².